The number of nitrogens with one attached hydrogen (secondary N) is 1. The van der Waals surface area contributed by atoms with E-state index in [4.69, 9.17) is 5.73 Å². The van der Waals surface area contributed by atoms with Gasteiger partial charge in [0.2, 0.25) is 0 Å². The maximum Gasteiger partial charge on any atom is 0.0275 e. The highest BCUT2D eigenvalue weighted by atomic mass is 15.0. The van der Waals surface area contributed by atoms with E-state index in [9.17, 15) is 0 Å². The van der Waals surface area contributed by atoms with Gasteiger partial charge in [0.15, 0.2) is 0 Å². The maximum absolute atomic E-state index is 6.40. The number of hydrogen-bond acceptors (Lipinski definition) is 2. The van der Waals surface area contributed by atoms with Crippen molar-refractivity contribution < 1.29 is 0 Å². The molecule has 4 aliphatic rings. The Kier molecular flexibility index (Phi) is 3.22. The average molecular weight is 250 g/mol. The Morgan fingerprint density at radius 3 is 2.00 bits per heavy atom. The summed E-state index contributed by atoms with van der Waals surface area (Å²) in [6.07, 6.45) is 7.52. The van der Waals surface area contributed by atoms with Gasteiger partial charge in [-0.3, -0.25) is 0 Å². The van der Waals surface area contributed by atoms with E-state index in [0.717, 1.165) is 36.3 Å². The monoisotopic (exact) mass is 250 g/mol. The highest BCUT2D eigenvalue weighted by Crippen LogP contribution is 2.53. The van der Waals surface area contributed by atoms with Crippen LogP contribution in [0.4, 0.5) is 0 Å². The maximum atomic E-state index is 6.40. The van der Waals surface area contributed by atoms with Crippen LogP contribution >= 0.6 is 0 Å². The molecule has 1 atom stereocenters. The van der Waals surface area contributed by atoms with E-state index >= 15 is 0 Å². The lowest BCUT2D eigenvalue weighted by atomic mass is 9.54. The quantitative estimate of drug-likeness (QED) is 0.805. The summed E-state index contributed by atoms with van der Waals surface area (Å²) in [6.45, 7) is 7.65. The fraction of sp³-hybridized carbons (Fsp3) is 1.00. The van der Waals surface area contributed by atoms with Gasteiger partial charge in [-0.1, -0.05) is 13.8 Å². The topological polar surface area (TPSA) is 38.0 Å². The van der Waals surface area contributed by atoms with E-state index in [0.29, 0.717) is 5.92 Å². The predicted octanol–water partition coefficient (Wildman–Crippen LogP) is 2.77. The van der Waals surface area contributed by atoms with E-state index in [-0.39, 0.29) is 5.54 Å². The van der Waals surface area contributed by atoms with Gasteiger partial charge in [0, 0.05) is 18.1 Å². The van der Waals surface area contributed by atoms with Crippen LogP contribution in [-0.4, -0.2) is 18.1 Å². The molecule has 18 heavy (non-hydrogen) atoms. The van der Waals surface area contributed by atoms with Crippen LogP contribution in [0.1, 0.15) is 52.9 Å². The zero-order chi connectivity index (χ0) is 12.9. The predicted molar refractivity (Wildman–Crippen MR) is 76.3 cm³/mol. The highest BCUT2D eigenvalue weighted by Gasteiger charge is 2.48. The number of hydrogen-bond donors (Lipinski definition) is 2. The highest BCUT2D eigenvalue weighted by molar-refractivity contribution is 5.02. The van der Waals surface area contributed by atoms with E-state index in [1.165, 1.54) is 25.7 Å². The van der Waals surface area contributed by atoms with Crippen molar-refractivity contribution in [3.63, 3.8) is 0 Å². The van der Waals surface area contributed by atoms with Gasteiger partial charge < -0.3 is 11.1 Å². The molecular formula is C16H30N2. The first-order valence-corrected chi connectivity index (χ1v) is 7.98. The van der Waals surface area contributed by atoms with Crippen molar-refractivity contribution in [1.29, 1.82) is 0 Å². The van der Waals surface area contributed by atoms with Crippen LogP contribution in [0.15, 0.2) is 0 Å². The molecule has 0 aromatic carbocycles. The SMILES string of the molecule is CC(C)C(C)(N)CNC1C2CC3CC(C2)CC1C3. The van der Waals surface area contributed by atoms with Crippen LogP contribution in [0.2, 0.25) is 0 Å². The Bertz CT molecular complexity index is 280. The third-order valence-electron chi connectivity index (χ3n) is 6.26. The molecule has 0 aromatic heterocycles. The van der Waals surface area contributed by atoms with Gasteiger partial charge in [-0.05, 0) is 68.6 Å². The Balaban J connectivity index is 1.60. The molecular weight excluding hydrogens is 220 g/mol. The van der Waals surface area contributed by atoms with Crippen molar-refractivity contribution in [2.45, 2.75) is 64.5 Å². The molecule has 0 aliphatic heterocycles. The average Bonchev–Trinajstić information content (AvgIpc) is 2.26. The van der Waals surface area contributed by atoms with E-state index in [1.54, 1.807) is 6.42 Å². The third-order valence-corrected chi connectivity index (χ3v) is 6.26. The van der Waals surface area contributed by atoms with Crippen molar-refractivity contribution in [3.05, 3.63) is 0 Å². The van der Waals surface area contributed by atoms with Crippen molar-refractivity contribution in [1.82, 2.24) is 5.32 Å². The molecule has 4 fully saturated rings. The van der Waals surface area contributed by atoms with Gasteiger partial charge in [0.1, 0.15) is 0 Å². The van der Waals surface area contributed by atoms with Crippen molar-refractivity contribution in [2.75, 3.05) is 6.54 Å². The molecule has 0 saturated heterocycles. The van der Waals surface area contributed by atoms with Gasteiger partial charge in [0.05, 0.1) is 0 Å². The smallest absolute Gasteiger partial charge is 0.0275 e. The molecule has 1 unspecified atom stereocenters. The van der Waals surface area contributed by atoms with Crippen LogP contribution in [0.3, 0.4) is 0 Å². The fourth-order valence-electron chi connectivity index (χ4n) is 4.80. The Labute approximate surface area is 112 Å². The lowest BCUT2D eigenvalue weighted by Crippen LogP contribution is -2.59. The second-order valence-corrected chi connectivity index (χ2v) is 8.00. The number of rotatable bonds is 4. The molecule has 3 N–H and O–H groups in total. The van der Waals surface area contributed by atoms with Gasteiger partial charge in [0.25, 0.3) is 0 Å². The lowest BCUT2D eigenvalue weighted by Gasteiger charge is -2.55. The minimum absolute atomic E-state index is 0.0608. The summed E-state index contributed by atoms with van der Waals surface area (Å²) >= 11 is 0. The molecule has 2 heteroatoms. The van der Waals surface area contributed by atoms with Crippen molar-refractivity contribution in [2.24, 2.45) is 35.3 Å². The van der Waals surface area contributed by atoms with E-state index < -0.39 is 0 Å². The lowest BCUT2D eigenvalue weighted by molar-refractivity contribution is -0.0157. The van der Waals surface area contributed by atoms with Crippen LogP contribution in [0, 0.1) is 29.6 Å². The first-order chi connectivity index (χ1) is 8.45. The van der Waals surface area contributed by atoms with E-state index in [1.807, 2.05) is 0 Å². The summed E-state index contributed by atoms with van der Waals surface area (Å²) in [4.78, 5) is 0. The first kappa shape index (κ1) is 12.9. The van der Waals surface area contributed by atoms with E-state index in [2.05, 4.69) is 26.1 Å². The van der Waals surface area contributed by atoms with Crippen LogP contribution in [0.25, 0.3) is 0 Å². The third kappa shape index (κ3) is 2.22. The second-order valence-electron chi connectivity index (χ2n) is 8.00. The van der Waals surface area contributed by atoms with Gasteiger partial charge in [-0.15, -0.1) is 0 Å². The fourth-order valence-corrected chi connectivity index (χ4v) is 4.80. The molecule has 0 heterocycles. The van der Waals surface area contributed by atoms with Crippen LogP contribution in [0.5, 0.6) is 0 Å². The molecule has 0 aromatic rings. The summed E-state index contributed by atoms with van der Waals surface area (Å²) < 4.78 is 0. The van der Waals surface area contributed by atoms with Crippen molar-refractivity contribution in [3.8, 4) is 0 Å². The molecule has 4 rings (SSSR count). The Hall–Kier alpha value is -0.0800. The Morgan fingerprint density at radius 1 is 1.06 bits per heavy atom. The zero-order valence-corrected chi connectivity index (χ0v) is 12.3. The van der Waals surface area contributed by atoms with Crippen LogP contribution < -0.4 is 11.1 Å². The number of nitrogens with two attached hydrogens (primary N) is 1. The summed E-state index contributed by atoms with van der Waals surface area (Å²) in [5, 5.41) is 3.86. The largest absolute Gasteiger partial charge is 0.324 e. The van der Waals surface area contributed by atoms with Gasteiger partial charge in [-0.2, -0.15) is 0 Å². The molecule has 4 bridgehead atoms. The Morgan fingerprint density at radius 2 is 1.56 bits per heavy atom. The van der Waals surface area contributed by atoms with Gasteiger partial charge >= 0.3 is 0 Å². The molecule has 0 radical (unpaired) electrons. The summed E-state index contributed by atoms with van der Waals surface area (Å²) in [7, 11) is 0. The standard InChI is InChI=1S/C16H30N2/c1-10(2)16(3,17)9-18-15-13-5-11-4-12(7-13)8-14(15)6-11/h10-15,18H,4-9,17H2,1-3H3. The molecule has 0 amide bonds. The normalized spacial score (nSPS) is 45.5. The first-order valence-electron chi connectivity index (χ1n) is 7.98. The van der Waals surface area contributed by atoms with Crippen LogP contribution in [-0.2, 0) is 0 Å². The molecule has 0 spiro atoms. The molecule has 4 aliphatic carbocycles. The summed E-state index contributed by atoms with van der Waals surface area (Å²) in [5.74, 6) is 4.61. The molecule has 4 saturated carbocycles. The zero-order valence-electron chi connectivity index (χ0n) is 12.3. The summed E-state index contributed by atoms with van der Waals surface area (Å²) in [5.41, 5.74) is 6.34. The minimum Gasteiger partial charge on any atom is -0.324 e. The molecule has 104 valence electrons. The van der Waals surface area contributed by atoms with Crippen molar-refractivity contribution >= 4 is 0 Å². The second kappa shape index (κ2) is 4.49. The molecule has 2 nitrogen and oxygen atoms in total. The van der Waals surface area contributed by atoms with Gasteiger partial charge in [-0.25, -0.2) is 0 Å². The minimum atomic E-state index is -0.0608. The summed E-state index contributed by atoms with van der Waals surface area (Å²) in [6, 6.07) is 0.777.